The normalized spacial score (nSPS) is 16.0. The van der Waals surface area contributed by atoms with Crippen LogP contribution in [0.2, 0.25) is 0 Å². The highest BCUT2D eigenvalue weighted by molar-refractivity contribution is 6.00. The summed E-state index contributed by atoms with van der Waals surface area (Å²) >= 11 is 0. The van der Waals surface area contributed by atoms with Gasteiger partial charge in [0.15, 0.2) is 0 Å². The highest BCUT2D eigenvalue weighted by Gasteiger charge is 2.12. The zero-order valence-corrected chi connectivity index (χ0v) is 6.96. The average Bonchev–Trinajstić information content (AvgIpc) is 2.35. The van der Waals surface area contributed by atoms with E-state index in [0.29, 0.717) is 0 Å². The Kier molecular flexibility index (Phi) is 1.34. The van der Waals surface area contributed by atoms with E-state index < -0.39 is 0 Å². The van der Waals surface area contributed by atoms with Crippen LogP contribution in [0.3, 0.4) is 0 Å². The molecule has 0 saturated carbocycles. The fourth-order valence-corrected chi connectivity index (χ4v) is 1.62. The summed E-state index contributed by atoms with van der Waals surface area (Å²) in [6.45, 7) is 3.04. The van der Waals surface area contributed by atoms with E-state index in [0.717, 1.165) is 13.0 Å². The van der Waals surface area contributed by atoms with E-state index in [-0.39, 0.29) is 0 Å². The molecule has 1 aliphatic rings. The molecule has 0 aromatic carbocycles. The van der Waals surface area contributed by atoms with Gasteiger partial charge in [0, 0.05) is 43.2 Å². The Morgan fingerprint density at radius 2 is 2.36 bits per heavy atom. The van der Waals surface area contributed by atoms with E-state index in [1.165, 1.54) is 17.0 Å². The van der Waals surface area contributed by atoms with Gasteiger partial charge < -0.3 is 4.57 Å². The van der Waals surface area contributed by atoms with Crippen LogP contribution in [-0.4, -0.2) is 16.8 Å². The van der Waals surface area contributed by atoms with Crippen molar-refractivity contribution >= 4 is 5.71 Å². The Labute approximate surface area is 66.6 Å². The molecule has 1 aliphatic heterocycles. The predicted molar refractivity (Wildman–Crippen MR) is 46.2 cm³/mol. The number of hydrogen-bond acceptors (Lipinski definition) is 1. The summed E-state index contributed by atoms with van der Waals surface area (Å²) in [6, 6.07) is 2.15. The Morgan fingerprint density at radius 1 is 1.55 bits per heavy atom. The molecule has 2 nitrogen and oxygen atoms in total. The Balaban J connectivity index is 2.58. The number of fused-ring (bicyclic) bond motifs is 1. The molecule has 0 radical (unpaired) electrons. The minimum Gasteiger partial charge on any atom is -0.354 e. The maximum atomic E-state index is 4.39. The molecule has 1 aromatic heterocycles. The summed E-state index contributed by atoms with van der Waals surface area (Å²) in [5, 5.41) is 0. The molecule has 0 aliphatic carbocycles. The van der Waals surface area contributed by atoms with Crippen LogP contribution >= 0.6 is 0 Å². The molecule has 2 rings (SSSR count). The zero-order valence-electron chi connectivity index (χ0n) is 6.96. The first-order chi connectivity index (χ1) is 5.29. The Morgan fingerprint density at radius 3 is 3.09 bits per heavy atom. The van der Waals surface area contributed by atoms with Crippen LogP contribution in [0, 0.1) is 0 Å². The molecule has 0 bridgehead atoms. The van der Waals surface area contributed by atoms with Crippen molar-refractivity contribution < 1.29 is 0 Å². The van der Waals surface area contributed by atoms with Crippen molar-refractivity contribution in [3.8, 4) is 0 Å². The first-order valence-corrected chi connectivity index (χ1v) is 3.94. The second-order valence-electron chi connectivity index (χ2n) is 3.00. The monoisotopic (exact) mass is 148 g/mol. The van der Waals surface area contributed by atoms with Gasteiger partial charge in [-0.15, -0.1) is 0 Å². The van der Waals surface area contributed by atoms with E-state index in [1.54, 1.807) is 0 Å². The van der Waals surface area contributed by atoms with Crippen molar-refractivity contribution in [1.29, 1.82) is 0 Å². The summed E-state index contributed by atoms with van der Waals surface area (Å²) in [5.41, 5.74) is 3.95. The van der Waals surface area contributed by atoms with Crippen molar-refractivity contribution in [2.75, 3.05) is 6.54 Å². The van der Waals surface area contributed by atoms with Gasteiger partial charge >= 0.3 is 0 Å². The highest BCUT2D eigenvalue weighted by Crippen LogP contribution is 2.15. The van der Waals surface area contributed by atoms with Gasteiger partial charge in [-0.25, -0.2) is 0 Å². The van der Waals surface area contributed by atoms with Gasteiger partial charge in [0.25, 0.3) is 0 Å². The predicted octanol–water partition coefficient (Wildman–Crippen LogP) is 1.39. The molecule has 0 N–H and O–H groups in total. The van der Waals surface area contributed by atoms with E-state index in [1.807, 2.05) is 0 Å². The third-order valence-electron chi connectivity index (χ3n) is 2.29. The second kappa shape index (κ2) is 2.22. The van der Waals surface area contributed by atoms with Gasteiger partial charge in [-0.05, 0) is 13.0 Å². The van der Waals surface area contributed by atoms with Gasteiger partial charge in [-0.1, -0.05) is 0 Å². The van der Waals surface area contributed by atoms with Gasteiger partial charge in [0.2, 0.25) is 0 Å². The molecule has 0 saturated heterocycles. The summed E-state index contributed by atoms with van der Waals surface area (Å²) in [6.07, 6.45) is 3.20. The fourth-order valence-electron chi connectivity index (χ4n) is 1.62. The lowest BCUT2D eigenvalue weighted by Gasteiger charge is -2.11. The molecule has 0 atom stereocenters. The standard InChI is InChI=1S/C9H12N2/c1-7-8-4-6-11(2)9(8)3-5-10-7/h4,6H,3,5H2,1-2H3. The maximum Gasteiger partial charge on any atom is 0.0447 e. The van der Waals surface area contributed by atoms with Gasteiger partial charge in [-0.2, -0.15) is 0 Å². The molecule has 0 spiro atoms. The molecule has 2 heterocycles. The topological polar surface area (TPSA) is 17.3 Å². The largest absolute Gasteiger partial charge is 0.354 e. The summed E-state index contributed by atoms with van der Waals surface area (Å²) in [5.74, 6) is 0. The number of aliphatic imine (C=N–C) groups is 1. The highest BCUT2D eigenvalue weighted by atomic mass is 14.9. The Hall–Kier alpha value is -1.05. The Bertz CT molecular complexity index is 307. The quantitative estimate of drug-likeness (QED) is 0.529. The third kappa shape index (κ3) is 0.897. The van der Waals surface area contributed by atoms with Crippen LogP contribution < -0.4 is 0 Å². The number of aromatic nitrogens is 1. The van der Waals surface area contributed by atoms with Crippen LogP contribution in [0.15, 0.2) is 17.3 Å². The van der Waals surface area contributed by atoms with Crippen LogP contribution in [0.25, 0.3) is 0 Å². The van der Waals surface area contributed by atoms with Crippen molar-refractivity contribution in [3.63, 3.8) is 0 Å². The molecular weight excluding hydrogens is 136 g/mol. The van der Waals surface area contributed by atoms with Crippen LogP contribution in [-0.2, 0) is 13.5 Å². The first-order valence-electron chi connectivity index (χ1n) is 3.94. The maximum absolute atomic E-state index is 4.39. The van der Waals surface area contributed by atoms with E-state index >= 15 is 0 Å². The first kappa shape index (κ1) is 6.65. The molecule has 0 unspecified atom stereocenters. The summed E-state index contributed by atoms with van der Waals surface area (Å²) in [7, 11) is 2.09. The van der Waals surface area contributed by atoms with Crippen molar-refractivity contribution in [2.45, 2.75) is 13.3 Å². The van der Waals surface area contributed by atoms with E-state index in [9.17, 15) is 0 Å². The molecule has 11 heavy (non-hydrogen) atoms. The SMILES string of the molecule is CC1=NCCc2c1ccn2C. The zero-order chi connectivity index (χ0) is 7.84. The number of rotatable bonds is 0. The number of nitrogens with zero attached hydrogens (tertiary/aromatic N) is 2. The minimum atomic E-state index is 0.955. The average molecular weight is 148 g/mol. The van der Waals surface area contributed by atoms with Gasteiger partial charge in [0.05, 0.1) is 0 Å². The summed E-state index contributed by atoms with van der Waals surface area (Å²) < 4.78 is 2.19. The van der Waals surface area contributed by atoms with E-state index in [2.05, 4.69) is 35.8 Å². The molecule has 58 valence electrons. The van der Waals surface area contributed by atoms with Crippen LogP contribution in [0.1, 0.15) is 18.2 Å². The van der Waals surface area contributed by atoms with Crippen LogP contribution in [0.4, 0.5) is 0 Å². The lowest BCUT2D eigenvalue weighted by atomic mass is 10.1. The summed E-state index contributed by atoms with van der Waals surface area (Å²) in [4.78, 5) is 4.39. The number of hydrogen-bond donors (Lipinski definition) is 0. The van der Waals surface area contributed by atoms with Gasteiger partial charge in [0.1, 0.15) is 0 Å². The minimum absolute atomic E-state index is 0.955. The lowest BCUT2D eigenvalue weighted by molar-refractivity contribution is 0.796. The molecular formula is C9H12N2. The smallest absolute Gasteiger partial charge is 0.0447 e. The molecule has 0 fully saturated rings. The molecule has 0 amide bonds. The van der Waals surface area contributed by atoms with Crippen LogP contribution in [0.5, 0.6) is 0 Å². The van der Waals surface area contributed by atoms with Crippen molar-refractivity contribution in [3.05, 3.63) is 23.5 Å². The number of aryl methyl sites for hydroxylation is 1. The van der Waals surface area contributed by atoms with E-state index in [4.69, 9.17) is 0 Å². The van der Waals surface area contributed by atoms with Gasteiger partial charge in [-0.3, -0.25) is 4.99 Å². The molecule has 2 heteroatoms. The fraction of sp³-hybridized carbons (Fsp3) is 0.444. The van der Waals surface area contributed by atoms with Crippen molar-refractivity contribution in [2.24, 2.45) is 12.0 Å². The van der Waals surface area contributed by atoms with Crippen molar-refractivity contribution in [1.82, 2.24) is 4.57 Å². The second-order valence-corrected chi connectivity index (χ2v) is 3.00. The lowest BCUT2D eigenvalue weighted by Crippen LogP contribution is -2.10. The molecule has 1 aromatic rings. The third-order valence-corrected chi connectivity index (χ3v) is 2.29.